The fourth-order valence-corrected chi connectivity index (χ4v) is 1.98. The van der Waals surface area contributed by atoms with E-state index in [0.717, 1.165) is 5.56 Å². The predicted molar refractivity (Wildman–Crippen MR) is 81.5 cm³/mol. The Morgan fingerprint density at radius 3 is 2.76 bits per heavy atom. The molecule has 0 heterocycles. The molecule has 1 amide bonds. The zero-order valence-electron chi connectivity index (χ0n) is 12.7. The smallest absolute Gasteiger partial charge is 0.255 e. The Morgan fingerprint density at radius 1 is 1.48 bits per heavy atom. The standard InChI is InChI=1S/C17H20N2O2/c1-4-19(12-14(3)11-18)17(21)16-8-7-13(2)10-15(16)6-5-9-20/h7-8,10,14,20H,4,9,12H2,1-3H3. The van der Waals surface area contributed by atoms with Crippen molar-refractivity contribution in [2.24, 2.45) is 5.92 Å². The second kappa shape index (κ2) is 8.09. The van der Waals surface area contributed by atoms with Crippen LogP contribution in [-0.2, 0) is 0 Å². The van der Waals surface area contributed by atoms with Gasteiger partial charge in [-0.3, -0.25) is 4.79 Å². The molecule has 1 aromatic rings. The first-order valence-electron chi connectivity index (χ1n) is 6.92. The summed E-state index contributed by atoms with van der Waals surface area (Å²) >= 11 is 0. The Hall–Kier alpha value is -2.30. The van der Waals surface area contributed by atoms with Crippen LogP contribution in [-0.4, -0.2) is 35.6 Å². The second-order valence-corrected chi connectivity index (χ2v) is 4.88. The van der Waals surface area contributed by atoms with Crippen LogP contribution < -0.4 is 0 Å². The van der Waals surface area contributed by atoms with E-state index in [1.54, 1.807) is 17.9 Å². The Kier molecular flexibility index (Phi) is 6.46. The van der Waals surface area contributed by atoms with Crippen molar-refractivity contribution in [2.45, 2.75) is 20.8 Å². The molecule has 1 unspecified atom stereocenters. The third-order valence-corrected chi connectivity index (χ3v) is 3.09. The summed E-state index contributed by atoms with van der Waals surface area (Å²) in [5, 5.41) is 17.7. The minimum atomic E-state index is -0.246. The van der Waals surface area contributed by atoms with Gasteiger partial charge in [0.2, 0.25) is 0 Å². The summed E-state index contributed by atoms with van der Waals surface area (Å²) in [6.07, 6.45) is 0. The van der Waals surface area contributed by atoms with Crippen LogP contribution in [0.3, 0.4) is 0 Å². The average molecular weight is 284 g/mol. The van der Waals surface area contributed by atoms with Gasteiger partial charge in [0.1, 0.15) is 6.61 Å². The van der Waals surface area contributed by atoms with Crippen LogP contribution in [0.1, 0.15) is 35.3 Å². The molecule has 0 spiro atoms. The maximum absolute atomic E-state index is 12.6. The van der Waals surface area contributed by atoms with Crippen molar-refractivity contribution in [2.75, 3.05) is 19.7 Å². The van der Waals surface area contributed by atoms with Crippen molar-refractivity contribution in [1.29, 1.82) is 5.26 Å². The summed E-state index contributed by atoms with van der Waals surface area (Å²) < 4.78 is 0. The summed E-state index contributed by atoms with van der Waals surface area (Å²) in [6, 6.07) is 7.58. The molecule has 1 N–H and O–H groups in total. The molecule has 21 heavy (non-hydrogen) atoms. The van der Waals surface area contributed by atoms with Gasteiger partial charge >= 0.3 is 0 Å². The fraction of sp³-hybridized carbons (Fsp3) is 0.412. The van der Waals surface area contributed by atoms with Crippen LogP contribution in [0.15, 0.2) is 18.2 Å². The lowest BCUT2D eigenvalue weighted by molar-refractivity contribution is 0.0752. The van der Waals surface area contributed by atoms with Gasteiger partial charge in [0.15, 0.2) is 0 Å². The number of hydrogen-bond acceptors (Lipinski definition) is 3. The Bertz CT molecular complexity index is 605. The van der Waals surface area contributed by atoms with E-state index in [-0.39, 0.29) is 18.4 Å². The highest BCUT2D eigenvalue weighted by Gasteiger charge is 2.19. The molecule has 0 fully saturated rings. The van der Waals surface area contributed by atoms with Gasteiger partial charge in [-0.1, -0.05) is 17.9 Å². The van der Waals surface area contributed by atoms with E-state index in [1.807, 2.05) is 26.0 Å². The topological polar surface area (TPSA) is 64.3 Å². The van der Waals surface area contributed by atoms with Crippen LogP contribution in [0, 0.1) is 36.0 Å². The summed E-state index contributed by atoms with van der Waals surface area (Å²) in [4.78, 5) is 14.3. The first-order chi connectivity index (χ1) is 10.0. The number of carbonyl (C=O) groups excluding carboxylic acids is 1. The van der Waals surface area contributed by atoms with Gasteiger partial charge in [-0.2, -0.15) is 5.26 Å². The van der Waals surface area contributed by atoms with Crippen molar-refractivity contribution in [1.82, 2.24) is 4.90 Å². The lowest BCUT2D eigenvalue weighted by Gasteiger charge is -2.22. The van der Waals surface area contributed by atoms with Crippen molar-refractivity contribution in [3.63, 3.8) is 0 Å². The van der Waals surface area contributed by atoms with Crippen LogP contribution in [0.5, 0.6) is 0 Å². The molecular weight excluding hydrogens is 264 g/mol. The number of rotatable bonds is 4. The summed E-state index contributed by atoms with van der Waals surface area (Å²) in [6.45, 7) is 6.28. The highest BCUT2D eigenvalue weighted by atomic mass is 16.2. The molecule has 1 aromatic carbocycles. The number of nitrogens with zero attached hydrogens (tertiary/aromatic N) is 2. The summed E-state index contributed by atoms with van der Waals surface area (Å²) in [7, 11) is 0. The van der Waals surface area contributed by atoms with E-state index in [0.29, 0.717) is 24.2 Å². The van der Waals surface area contributed by atoms with Gasteiger partial charge in [0.25, 0.3) is 5.91 Å². The molecular formula is C17H20N2O2. The molecule has 4 nitrogen and oxygen atoms in total. The number of aryl methyl sites for hydroxylation is 1. The number of nitriles is 1. The molecule has 0 aliphatic carbocycles. The molecule has 0 saturated heterocycles. The highest BCUT2D eigenvalue weighted by Crippen LogP contribution is 2.14. The maximum Gasteiger partial charge on any atom is 0.255 e. The zero-order chi connectivity index (χ0) is 15.8. The van der Waals surface area contributed by atoms with E-state index >= 15 is 0 Å². The van der Waals surface area contributed by atoms with Gasteiger partial charge in [-0.15, -0.1) is 0 Å². The Balaban J connectivity index is 3.13. The van der Waals surface area contributed by atoms with Crippen molar-refractivity contribution < 1.29 is 9.90 Å². The number of aliphatic hydroxyl groups excluding tert-OH is 1. The van der Waals surface area contributed by atoms with Gasteiger partial charge in [-0.05, 0) is 38.5 Å². The number of amides is 1. The summed E-state index contributed by atoms with van der Waals surface area (Å²) in [5.41, 5.74) is 2.12. The van der Waals surface area contributed by atoms with E-state index in [9.17, 15) is 4.79 Å². The van der Waals surface area contributed by atoms with Crippen molar-refractivity contribution in [3.05, 3.63) is 34.9 Å². The van der Waals surface area contributed by atoms with Gasteiger partial charge in [0.05, 0.1) is 17.6 Å². The quantitative estimate of drug-likeness (QED) is 0.860. The van der Waals surface area contributed by atoms with E-state index < -0.39 is 0 Å². The lowest BCUT2D eigenvalue weighted by Crippen LogP contribution is -2.34. The number of benzene rings is 1. The number of carbonyl (C=O) groups is 1. The molecule has 0 aliphatic heterocycles. The Labute approximate surface area is 126 Å². The zero-order valence-corrected chi connectivity index (χ0v) is 12.7. The SMILES string of the molecule is CCN(CC(C)C#N)C(=O)c1ccc(C)cc1C#CCO. The monoisotopic (exact) mass is 284 g/mol. The summed E-state index contributed by atoms with van der Waals surface area (Å²) in [5.74, 6) is 5.04. The van der Waals surface area contributed by atoms with Crippen molar-refractivity contribution in [3.8, 4) is 17.9 Å². The molecule has 0 aromatic heterocycles. The van der Waals surface area contributed by atoms with E-state index in [1.165, 1.54) is 0 Å². The average Bonchev–Trinajstić information content (AvgIpc) is 2.49. The molecule has 110 valence electrons. The first kappa shape index (κ1) is 16.8. The van der Waals surface area contributed by atoms with Crippen LogP contribution in [0.2, 0.25) is 0 Å². The number of hydrogen-bond donors (Lipinski definition) is 1. The maximum atomic E-state index is 12.6. The van der Waals surface area contributed by atoms with Crippen LogP contribution >= 0.6 is 0 Å². The highest BCUT2D eigenvalue weighted by molar-refractivity contribution is 5.96. The van der Waals surface area contributed by atoms with E-state index in [2.05, 4.69) is 17.9 Å². The normalized spacial score (nSPS) is 11.0. The van der Waals surface area contributed by atoms with Crippen LogP contribution in [0.4, 0.5) is 0 Å². The van der Waals surface area contributed by atoms with Gasteiger partial charge in [0, 0.05) is 18.7 Å². The van der Waals surface area contributed by atoms with Crippen molar-refractivity contribution >= 4 is 5.91 Å². The molecule has 1 atom stereocenters. The Morgan fingerprint density at radius 2 is 2.19 bits per heavy atom. The fourth-order valence-electron chi connectivity index (χ4n) is 1.98. The molecule has 0 radical (unpaired) electrons. The molecule has 0 aliphatic rings. The lowest BCUT2D eigenvalue weighted by atomic mass is 10.0. The second-order valence-electron chi connectivity index (χ2n) is 4.88. The van der Waals surface area contributed by atoms with Gasteiger partial charge in [-0.25, -0.2) is 0 Å². The molecule has 4 heteroatoms. The van der Waals surface area contributed by atoms with Crippen LogP contribution in [0.25, 0.3) is 0 Å². The molecule has 0 saturated carbocycles. The third kappa shape index (κ3) is 4.63. The minimum absolute atomic E-state index is 0.137. The molecule has 1 rings (SSSR count). The third-order valence-electron chi connectivity index (χ3n) is 3.09. The minimum Gasteiger partial charge on any atom is -0.384 e. The predicted octanol–water partition coefficient (Wildman–Crippen LogP) is 1.96. The van der Waals surface area contributed by atoms with E-state index in [4.69, 9.17) is 10.4 Å². The largest absolute Gasteiger partial charge is 0.384 e. The first-order valence-corrected chi connectivity index (χ1v) is 6.92. The molecule has 0 bridgehead atoms. The van der Waals surface area contributed by atoms with Gasteiger partial charge < -0.3 is 10.0 Å². The number of aliphatic hydroxyl groups is 1.